The van der Waals surface area contributed by atoms with E-state index in [4.69, 9.17) is 5.41 Å². The smallest absolute Gasteiger partial charge is 0.182 e. The molecule has 0 bridgehead atoms. The number of carbonyl (C=O) groups excluding carboxylic acids is 1. The van der Waals surface area contributed by atoms with E-state index < -0.39 is 0 Å². The second-order valence-corrected chi connectivity index (χ2v) is 7.45. The lowest BCUT2D eigenvalue weighted by atomic mass is 10.0. The highest BCUT2D eigenvalue weighted by atomic mass is 16.3. The molecule has 1 aromatic heterocycles. The van der Waals surface area contributed by atoms with Crippen LogP contribution in [0.1, 0.15) is 72.4 Å². The van der Waals surface area contributed by atoms with Gasteiger partial charge in [-0.15, -0.1) is 0 Å². The van der Waals surface area contributed by atoms with Crippen LogP contribution in [0.4, 0.5) is 0 Å². The van der Waals surface area contributed by atoms with Crippen LogP contribution in [0.2, 0.25) is 0 Å². The number of hydrogen-bond acceptors (Lipinski definition) is 4. The molecule has 5 heteroatoms. The molecule has 2 heterocycles. The van der Waals surface area contributed by atoms with Crippen molar-refractivity contribution in [1.82, 2.24) is 9.88 Å². The van der Waals surface area contributed by atoms with Gasteiger partial charge in [0.1, 0.15) is 17.3 Å². The molecule has 0 spiro atoms. The van der Waals surface area contributed by atoms with E-state index in [1.54, 1.807) is 17.0 Å². The highest BCUT2D eigenvalue weighted by molar-refractivity contribution is 6.04. The van der Waals surface area contributed by atoms with Gasteiger partial charge in [0, 0.05) is 23.4 Å². The zero-order valence-electron chi connectivity index (χ0n) is 16.8. The molecule has 0 aliphatic carbocycles. The molecule has 1 aromatic carbocycles. The molecule has 2 N–H and O–H groups in total. The predicted octanol–water partition coefficient (Wildman–Crippen LogP) is 4.50. The number of phenols is 1. The summed E-state index contributed by atoms with van der Waals surface area (Å²) < 4.78 is 0. The number of carbonyl (C=O) groups is 1. The van der Waals surface area contributed by atoms with Crippen molar-refractivity contribution < 1.29 is 9.90 Å². The Labute approximate surface area is 166 Å². The van der Waals surface area contributed by atoms with Gasteiger partial charge in [0.05, 0.1) is 6.54 Å². The summed E-state index contributed by atoms with van der Waals surface area (Å²) in [5.74, 6) is 0.533. The summed E-state index contributed by atoms with van der Waals surface area (Å²) in [6, 6.07) is 9.09. The number of Topliss-reactive ketones (excluding diaryl/α,β-unsaturated/α-hetero) is 1. The monoisotopic (exact) mass is 379 g/mol. The third kappa shape index (κ3) is 4.41. The number of amidine groups is 1. The Morgan fingerprint density at radius 3 is 2.75 bits per heavy atom. The summed E-state index contributed by atoms with van der Waals surface area (Å²) in [4.78, 5) is 19.1. The number of ketones is 1. The van der Waals surface area contributed by atoms with Gasteiger partial charge in [0.2, 0.25) is 0 Å². The molecular weight excluding hydrogens is 350 g/mol. The van der Waals surface area contributed by atoms with Gasteiger partial charge in [-0.2, -0.15) is 0 Å². The van der Waals surface area contributed by atoms with Crippen molar-refractivity contribution in [3.05, 3.63) is 58.4 Å². The Balaban J connectivity index is 1.67. The molecule has 0 saturated carbocycles. The minimum absolute atomic E-state index is 0.0388. The first-order chi connectivity index (χ1) is 13.5. The average molecular weight is 380 g/mol. The topological polar surface area (TPSA) is 77.3 Å². The molecular formula is C23H29N3O2. The molecule has 0 saturated heterocycles. The molecule has 3 rings (SSSR count). The maximum Gasteiger partial charge on any atom is 0.182 e. The second-order valence-electron chi connectivity index (χ2n) is 7.45. The molecule has 0 fully saturated rings. The number of aromatic hydroxyl groups is 1. The molecule has 0 amide bonds. The number of aromatic nitrogens is 1. The molecule has 5 nitrogen and oxygen atoms in total. The van der Waals surface area contributed by atoms with Crippen LogP contribution in [0, 0.1) is 5.41 Å². The maximum atomic E-state index is 12.8. The highest BCUT2D eigenvalue weighted by Crippen LogP contribution is 2.24. The molecule has 28 heavy (non-hydrogen) atoms. The van der Waals surface area contributed by atoms with E-state index in [-0.39, 0.29) is 18.1 Å². The first kappa shape index (κ1) is 20.1. The van der Waals surface area contributed by atoms with Crippen molar-refractivity contribution >= 4 is 11.6 Å². The minimum Gasteiger partial charge on any atom is -0.508 e. The third-order valence-corrected chi connectivity index (χ3v) is 5.34. The van der Waals surface area contributed by atoms with Gasteiger partial charge < -0.3 is 10.0 Å². The maximum absolute atomic E-state index is 12.8. The fourth-order valence-electron chi connectivity index (χ4n) is 3.59. The van der Waals surface area contributed by atoms with Crippen LogP contribution in [-0.4, -0.2) is 33.2 Å². The normalized spacial score (nSPS) is 13.1. The van der Waals surface area contributed by atoms with Crippen molar-refractivity contribution in [1.29, 1.82) is 5.41 Å². The molecule has 1 aliphatic heterocycles. The molecule has 0 radical (unpaired) electrons. The van der Waals surface area contributed by atoms with Crippen molar-refractivity contribution in [2.24, 2.45) is 0 Å². The van der Waals surface area contributed by atoms with Crippen LogP contribution in [0.3, 0.4) is 0 Å². The Morgan fingerprint density at radius 2 is 2.00 bits per heavy atom. The molecule has 148 valence electrons. The lowest BCUT2D eigenvalue weighted by molar-refractivity contribution is 0.0962. The largest absolute Gasteiger partial charge is 0.508 e. The van der Waals surface area contributed by atoms with E-state index in [0.29, 0.717) is 23.6 Å². The zero-order valence-corrected chi connectivity index (χ0v) is 16.8. The van der Waals surface area contributed by atoms with Gasteiger partial charge >= 0.3 is 0 Å². The fraction of sp³-hybridized carbons (Fsp3) is 0.435. The van der Waals surface area contributed by atoms with Crippen LogP contribution in [-0.2, 0) is 19.4 Å². The number of aryl methyl sites for hydroxylation is 2. The van der Waals surface area contributed by atoms with Crippen LogP contribution >= 0.6 is 0 Å². The summed E-state index contributed by atoms with van der Waals surface area (Å²) in [6.07, 6.45) is 6.10. The molecule has 0 atom stereocenters. The van der Waals surface area contributed by atoms with Crippen molar-refractivity contribution in [2.75, 3.05) is 6.54 Å². The third-order valence-electron chi connectivity index (χ3n) is 5.34. The van der Waals surface area contributed by atoms with Gasteiger partial charge in [0.15, 0.2) is 5.78 Å². The summed E-state index contributed by atoms with van der Waals surface area (Å²) in [5, 5.41) is 18.5. The standard InChI is InChI=1S/C23H29N3O2/c1-3-5-6-7-8-16-13-17(10-12-20(16)27)21(28)15-26-14-18-9-11-19(4-2)25-22(18)23(26)24/h9-13,24,27H,3-8,14-15H2,1-2H3. The number of unbranched alkanes of at least 4 members (excludes halogenated alkanes) is 3. The number of rotatable bonds is 9. The van der Waals surface area contributed by atoms with Crippen LogP contribution < -0.4 is 0 Å². The second kappa shape index (κ2) is 9.00. The lowest BCUT2D eigenvalue weighted by Crippen LogP contribution is -2.30. The first-order valence-electron chi connectivity index (χ1n) is 10.2. The molecule has 2 aromatic rings. The Morgan fingerprint density at radius 1 is 1.18 bits per heavy atom. The number of nitrogens with zero attached hydrogens (tertiary/aromatic N) is 2. The SMILES string of the molecule is CCCCCCc1cc(C(=O)CN2Cc3ccc(CC)nc3C2=N)ccc1O. The average Bonchev–Trinajstić information content (AvgIpc) is 3.01. The predicted molar refractivity (Wildman–Crippen MR) is 111 cm³/mol. The number of fused-ring (bicyclic) bond motifs is 1. The summed E-state index contributed by atoms with van der Waals surface area (Å²) >= 11 is 0. The van der Waals surface area contributed by atoms with E-state index in [0.717, 1.165) is 42.5 Å². The lowest BCUT2D eigenvalue weighted by Gasteiger charge is -2.17. The van der Waals surface area contributed by atoms with Gasteiger partial charge in [-0.1, -0.05) is 39.2 Å². The van der Waals surface area contributed by atoms with E-state index in [9.17, 15) is 9.90 Å². The quantitative estimate of drug-likeness (QED) is 0.497. The van der Waals surface area contributed by atoms with Crippen molar-refractivity contribution in [3.63, 3.8) is 0 Å². The number of nitrogens with one attached hydrogen (secondary N) is 1. The molecule has 1 aliphatic rings. The highest BCUT2D eigenvalue weighted by Gasteiger charge is 2.27. The van der Waals surface area contributed by atoms with Crippen LogP contribution in [0.5, 0.6) is 5.75 Å². The fourth-order valence-corrected chi connectivity index (χ4v) is 3.59. The Hall–Kier alpha value is -2.69. The van der Waals surface area contributed by atoms with Crippen LogP contribution in [0.15, 0.2) is 30.3 Å². The zero-order chi connectivity index (χ0) is 20.1. The number of pyridine rings is 1. The first-order valence-corrected chi connectivity index (χ1v) is 10.2. The molecule has 0 unspecified atom stereocenters. The summed E-state index contributed by atoms with van der Waals surface area (Å²) in [5.41, 5.74) is 4.07. The van der Waals surface area contributed by atoms with Gasteiger partial charge in [-0.05, 0) is 49.1 Å². The summed E-state index contributed by atoms with van der Waals surface area (Å²) in [7, 11) is 0. The summed E-state index contributed by atoms with van der Waals surface area (Å²) in [6.45, 7) is 4.90. The van der Waals surface area contributed by atoms with Gasteiger partial charge in [-0.25, -0.2) is 4.98 Å². The van der Waals surface area contributed by atoms with Crippen LogP contribution in [0.25, 0.3) is 0 Å². The number of phenolic OH excluding ortho intramolecular Hbond substituents is 1. The number of hydrogen-bond donors (Lipinski definition) is 2. The Bertz CT molecular complexity index is 876. The van der Waals surface area contributed by atoms with E-state index in [1.165, 1.54) is 12.8 Å². The Kier molecular flexibility index (Phi) is 6.45. The van der Waals surface area contributed by atoms with Gasteiger partial charge in [0.25, 0.3) is 0 Å². The van der Waals surface area contributed by atoms with Crippen molar-refractivity contribution in [2.45, 2.75) is 58.9 Å². The van der Waals surface area contributed by atoms with Crippen molar-refractivity contribution in [3.8, 4) is 5.75 Å². The van der Waals surface area contributed by atoms with E-state index in [2.05, 4.69) is 11.9 Å². The van der Waals surface area contributed by atoms with E-state index in [1.807, 2.05) is 25.1 Å². The minimum atomic E-state index is -0.0388. The van der Waals surface area contributed by atoms with E-state index >= 15 is 0 Å². The number of benzene rings is 1. The van der Waals surface area contributed by atoms with Gasteiger partial charge in [-0.3, -0.25) is 10.2 Å².